The van der Waals surface area contributed by atoms with Crippen molar-refractivity contribution < 1.29 is 4.79 Å². The van der Waals surface area contributed by atoms with Gasteiger partial charge in [-0.1, -0.05) is 36.4 Å². The van der Waals surface area contributed by atoms with Gasteiger partial charge in [0.1, 0.15) is 0 Å². The predicted molar refractivity (Wildman–Crippen MR) is 92.3 cm³/mol. The molecule has 3 aromatic rings. The number of rotatable bonds is 6. The van der Waals surface area contributed by atoms with Crippen molar-refractivity contribution in [2.24, 2.45) is 0 Å². The van der Waals surface area contributed by atoms with Gasteiger partial charge in [0, 0.05) is 36.0 Å². The average molecular weight is 310 g/mol. The highest BCUT2D eigenvalue weighted by Crippen LogP contribution is 2.11. The summed E-state index contributed by atoms with van der Waals surface area (Å²) in [7, 11) is 0. The first-order valence-electron chi connectivity index (χ1n) is 7.29. The largest absolute Gasteiger partial charge is 0.351 e. The van der Waals surface area contributed by atoms with Crippen LogP contribution in [-0.4, -0.2) is 22.6 Å². The minimum absolute atomic E-state index is 0.0102. The highest BCUT2D eigenvalue weighted by Gasteiger charge is 2.07. The first-order valence-corrected chi connectivity index (χ1v) is 8.45. The van der Waals surface area contributed by atoms with Crippen LogP contribution in [0, 0.1) is 0 Å². The Morgan fingerprint density at radius 1 is 1.09 bits per heavy atom. The number of benzene rings is 1. The lowest BCUT2D eigenvalue weighted by atomic mass is 10.2. The van der Waals surface area contributed by atoms with Gasteiger partial charge in [0.2, 0.25) is 0 Å². The van der Waals surface area contributed by atoms with Gasteiger partial charge in [-0.25, -0.2) is 0 Å². The molecule has 0 aliphatic rings. The maximum absolute atomic E-state index is 12.1. The van der Waals surface area contributed by atoms with E-state index in [0.29, 0.717) is 12.1 Å². The number of amides is 1. The van der Waals surface area contributed by atoms with Crippen molar-refractivity contribution in [1.82, 2.24) is 9.72 Å². The Morgan fingerprint density at radius 2 is 1.91 bits per heavy atom. The Bertz CT molecular complexity index is 719. The van der Waals surface area contributed by atoms with E-state index in [-0.39, 0.29) is 5.91 Å². The van der Waals surface area contributed by atoms with E-state index in [1.165, 1.54) is 5.56 Å². The van der Waals surface area contributed by atoms with Crippen molar-refractivity contribution in [3.05, 3.63) is 78.1 Å². The van der Waals surface area contributed by atoms with E-state index in [1.54, 1.807) is 0 Å². The van der Waals surface area contributed by atoms with Gasteiger partial charge >= 0.3 is 0 Å². The maximum Gasteiger partial charge on any atom is 0.252 e. The number of hydrogen-bond acceptors (Lipinski definition) is 2. The Kier molecular flexibility index (Phi) is 4.81. The quantitative estimate of drug-likeness (QED) is 0.706. The summed E-state index contributed by atoms with van der Waals surface area (Å²) in [6.45, 7) is 0.683. The molecule has 0 atom stereocenters. The molecule has 1 N–H and O–H groups in total. The van der Waals surface area contributed by atoms with Gasteiger partial charge in [-0.15, -0.1) is 0 Å². The van der Waals surface area contributed by atoms with E-state index in [0.717, 1.165) is 17.0 Å². The summed E-state index contributed by atoms with van der Waals surface area (Å²) in [4.78, 5) is 12.1. The average Bonchev–Trinajstić information content (AvgIpc) is 2.99. The van der Waals surface area contributed by atoms with E-state index in [2.05, 4.69) is 29.6 Å². The molecule has 4 heteroatoms. The molecule has 0 fully saturated rings. The zero-order valence-corrected chi connectivity index (χ0v) is 13.1. The molecule has 0 spiro atoms. The second kappa shape index (κ2) is 7.18. The molecule has 0 saturated carbocycles. The smallest absolute Gasteiger partial charge is 0.252 e. The summed E-state index contributed by atoms with van der Waals surface area (Å²) in [5.41, 5.74) is 3.06. The summed E-state index contributed by atoms with van der Waals surface area (Å²) in [5, 5.41) is 2.97. The van der Waals surface area contributed by atoms with Crippen molar-refractivity contribution in [1.29, 1.82) is 0 Å². The monoisotopic (exact) mass is 310 g/mol. The molecule has 1 aromatic carbocycles. The number of thioether (sulfide) groups is 1. The number of nitrogens with zero attached hydrogens (tertiary/aromatic N) is 1. The summed E-state index contributed by atoms with van der Waals surface area (Å²) in [6.07, 6.45) is 3.81. The lowest BCUT2D eigenvalue weighted by Gasteiger charge is -2.04. The zero-order valence-electron chi connectivity index (χ0n) is 12.2. The topological polar surface area (TPSA) is 33.5 Å². The van der Waals surface area contributed by atoms with Gasteiger partial charge in [-0.05, 0) is 23.8 Å². The fraction of sp³-hybridized carbons (Fsp3) is 0.167. The third-order valence-corrected chi connectivity index (χ3v) is 4.44. The van der Waals surface area contributed by atoms with E-state index >= 15 is 0 Å². The van der Waals surface area contributed by atoms with E-state index in [9.17, 15) is 4.79 Å². The molecular formula is C18H18N2OS. The van der Waals surface area contributed by atoms with Gasteiger partial charge in [0.25, 0.3) is 5.91 Å². The first-order chi connectivity index (χ1) is 10.8. The SMILES string of the molecule is O=C(NCCSCc1ccccc1)c1cc2ccccn2c1. The minimum atomic E-state index is -0.0102. The van der Waals surface area contributed by atoms with Gasteiger partial charge in [-0.2, -0.15) is 11.8 Å². The maximum atomic E-state index is 12.1. The standard InChI is InChI=1S/C18H18N2OS/c21-18(16-12-17-8-4-5-10-20(17)13-16)19-9-11-22-14-15-6-2-1-3-7-15/h1-8,10,12-13H,9,11,14H2,(H,19,21). The van der Waals surface area contributed by atoms with Crippen LogP contribution in [0.3, 0.4) is 0 Å². The van der Waals surface area contributed by atoms with Crippen LogP contribution in [-0.2, 0) is 5.75 Å². The number of fused-ring (bicyclic) bond motifs is 1. The molecule has 2 heterocycles. The molecule has 112 valence electrons. The fourth-order valence-electron chi connectivity index (χ4n) is 2.28. The Labute approximate surface area is 134 Å². The molecule has 0 aliphatic carbocycles. The van der Waals surface area contributed by atoms with E-state index in [1.807, 2.05) is 58.9 Å². The third kappa shape index (κ3) is 3.71. The van der Waals surface area contributed by atoms with Crippen LogP contribution in [0.15, 0.2) is 67.0 Å². The molecule has 3 rings (SSSR count). The van der Waals surface area contributed by atoms with Crippen molar-refractivity contribution in [2.45, 2.75) is 5.75 Å². The van der Waals surface area contributed by atoms with Gasteiger partial charge in [0.05, 0.1) is 5.56 Å². The van der Waals surface area contributed by atoms with Crippen molar-refractivity contribution in [2.75, 3.05) is 12.3 Å². The second-order valence-electron chi connectivity index (χ2n) is 5.06. The second-order valence-corrected chi connectivity index (χ2v) is 6.16. The van der Waals surface area contributed by atoms with Gasteiger partial charge in [0.15, 0.2) is 0 Å². The summed E-state index contributed by atoms with van der Waals surface area (Å²) >= 11 is 1.83. The number of carbonyl (C=O) groups excluding carboxylic acids is 1. The molecule has 0 bridgehead atoms. The molecule has 2 aromatic heterocycles. The van der Waals surface area contributed by atoms with Crippen LogP contribution in [0.4, 0.5) is 0 Å². The third-order valence-electron chi connectivity index (χ3n) is 3.41. The minimum Gasteiger partial charge on any atom is -0.351 e. The number of aromatic nitrogens is 1. The van der Waals surface area contributed by atoms with Crippen LogP contribution in [0.25, 0.3) is 5.52 Å². The van der Waals surface area contributed by atoms with Gasteiger partial charge < -0.3 is 9.72 Å². The lowest BCUT2D eigenvalue weighted by Crippen LogP contribution is -2.25. The van der Waals surface area contributed by atoms with Crippen molar-refractivity contribution in [3.8, 4) is 0 Å². The summed E-state index contributed by atoms with van der Waals surface area (Å²) in [6, 6.07) is 18.2. The lowest BCUT2D eigenvalue weighted by molar-refractivity contribution is 0.0956. The highest BCUT2D eigenvalue weighted by atomic mass is 32.2. The van der Waals surface area contributed by atoms with Gasteiger partial charge in [-0.3, -0.25) is 4.79 Å². The number of hydrogen-bond donors (Lipinski definition) is 1. The Morgan fingerprint density at radius 3 is 2.73 bits per heavy atom. The normalized spacial score (nSPS) is 10.7. The van der Waals surface area contributed by atoms with Crippen LogP contribution < -0.4 is 5.32 Å². The molecule has 0 saturated heterocycles. The fourth-order valence-corrected chi connectivity index (χ4v) is 3.10. The zero-order chi connectivity index (χ0) is 15.2. The Hall–Kier alpha value is -2.20. The van der Waals surface area contributed by atoms with Crippen molar-refractivity contribution in [3.63, 3.8) is 0 Å². The van der Waals surface area contributed by atoms with Crippen LogP contribution in [0.5, 0.6) is 0 Å². The summed E-state index contributed by atoms with van der Waals surface area (Å²) < 4.78 is 1.96. The van der Waals surface area contributed by atoms with Crippen LogP contribution in [0.2, 0.25) is 0 Å². The molecule has 3 nitrogen and oxygen atoms in total. The number of nitrogens with one attached hydrogen (secondary N) is 1. The van der Waals surface area contributed by atoms with E-state index in [4.69, 9.17) is 0 Å². The van der Waals surface area contributed by atoms with E-state index < -0.39 is 0 Å². The molecular weight excluding hydrogens is 292 g/mol. The van der Waals surface area contributed by atoms with Crippen molar-refractivity contribution >= 4 is 23.2 Å². The Balaban J connectivity index is 1.44. The van der Waals surface area contributed by atoms with Crippen LogP contribution in [0.1, 0.15) is 15.9 Å². The molecule has 0 aliphatic heterocycles. The van der Waals surface area contributed by atoms with Crippen LogP contribution >= 0.6 is 11.8 Å². The molecule has 1 amide bonds. The predicted octanol–water partition coefficient (Wildman–Crippen LogP) is 3.60. The number of carbonyl (C=O) groups is 1. The number of pyridine rings is 1. The molecule has 22 heavy (non-hydrogen) atoms. The first kappa shape index (κ1) is 14.7. The highest BCUT2D eigenvalue weighted by molar-refractivity contribution is 7.98. The molecule has 0 radical (unpaired) electrons. The molecule has 0 unspecified atom stereocenters. The summed E-state index contributed by atoms with van der Waals surface area (Å²) in [5.74, 6) is 1.88.